The SMILES string of the molecule is COC(=O)c1ccc(N(C)C)cc1C(C)CNC(=O)OC(C)(C)C. The van der Waals surface area contributed by atoms with E-state index >= 15 is 0 Å². The molecular weight excluding hydrogens is 308 g/mol. The standard InChI is InChI=1S/C18H28N2O4/c1-12(11-19-17(22)24-18(2,3)4)15-10-13(20(5)6)8-9-14(15)16(21)23-7/h8-10,12H,11H2,1-7H3,(H,19,22). The fraction of sp³-hybridized carbons (Fsp3) is 0.556. The Balaban J connectivity index is 2.94. The van der Waals surface area contributed by atoms with Gasteiger partial charge in [0.25, 0.3) is 0 Å². The van der Waals surface area contributed by atoms with Gasteiger partial charge in [-0.3, -0.25) is 0 Å². The van der Waals surface area contributed by atoms with E-state index in [0.717, 1.165) is 11.3 Å². The molecule has 0 radical (unpaired) electrons. The van der Waals surface area contributed by atoms with Crippen LogP contribution in [0.3, 0.4) is 0 Å². The first kappa shape index (κ1) is 19.8. The molecule has 0 saturated heterocycles. The minimum atomic E-state index is -0.546. The number of benzene rings is 1. The maximum Gasteiger partial charge on any atom is 0.407 e. The molecule has 24 heavy (non-hydrogen) atoms. The molecule has 0 spiro atoms. The molecule has 6 nitrogen and oxygen atoms in total. The van der Waals surface area contributed by atoms with Crippen LogP contribution in [0.2, 0.25) is 0 Å². The van der Waals surface area contributed by atoms with Gasteiger partial charge in [0.15, 0.2) is 0 Å². The van der Waals surface area contributed by atoms with E-state index in [-0.39, 0.29) is 11.9 Å². The third-order valence-corrected chi connectivity index (χ3v) is 3.44. The first-order valence-corrected chi connectivity index (χ1v) is 7.91. The van der Waals surface area contributed by atoms with Gasteiger partial charge in [0, 0.05) is 26.3 Å². The monoisotopic (exact) mass is 336 g/mol. The van der Waals surface area contributed by atoms with E-state index in [1.54, 1.807) is 6.07 Å². The summed E-state index contributed by atoms with van der Waals surface area (Å²) in [5, 5.41) is 2.74. The van der Waals surface area contributed by atoms with Crippen LogP contribution in [0.5, 0.6) is 0 Å². The smallest absolute Gasteiger partial charge is 0.407 e. The van der Waals surface area contributed by atoms with Gasteiger partial charge in [0.2, 0.25) is 0 Å². The van der Waals surface area contributed by atoms with Gasteiger partial charge in [-0.05, 0) is 50.5 Å². The van der Waals surface area contributed by atoms with Crippen molar-refractivity contribution < 1.29 is 19.1 Å². The summed E-state index contributed by atoms with van der Waals surface area (Å²) in [4.78, 5) is 25.8. The van der Waals surface area contributed by atoms with Crippen molar-refractivity contribution in [2.75, 3.05) is 32.6 Å². The Bertz CT molecular complexity index is 591. The summed E-state index contributed by atoms with van der Waals surface area (Å²) in [6, 6.07) is 5.55. The zero-order valence-corrected chi connectivity index (χ0v) is 15.6. The first-order valence-electron chi connectivity index (χ1n) is 7.91. The molecule has 1 N–H and O–H groups in total. The largest absolute Gasteiger partial charge is 0.465 e. The van der Waals surface area contributed by atoms with E-state index in [0.29, 0.717) is 12.1 Å². The molecule has 0 aliphatic carbocycles. The number of anilines is 1. The quantitative estimate of drug-likeness (QED) is 0.837. The number of esters is 1. The van der Waals surface area contributed by atoms with Crippen LogP contribution >= 0.6 is 0 Å². The zero-order chi connectivity index (χ0) is 18.5. The lowest BCUT2D eigenvalue weighted by atomic mass is 9.94. The van der Waals surface area contributed by atoms with Crippen molar-refractivity contribution in [1.29, 1.82) is 0 Å². The molecule has 1 aromatic carbocycles. The molecule has 0 saturated carbocycles. The fourth-order valence-corrected chi connectivity index (χ4v) is 2.19. The predicted octanol–water partition coefficient (Wildman–Crippen LogP) is 3.17. The van der Waals surface area contributed by atoms with Crippen molar-refractivity contribution in [2.45, 2.75) is 39.2 Å². The minimum Gasteiger partial charge on any atom is -0.465 e. The first-order chi connectivity index (χ1) is 11.0. The number of nitrogens with zero attached hydrogens (tertiary/aromatic N) is 1. The summed E-state index contributed by atoms with van der Waals surface area (Å²) in [5.41, 5.74) is 1.75. The second kappa shape index (κ2) is 8.04. The highest BCUT2D eigenvalue weighted by Crippen LogP contribution is 2.25. The zero-order valence-electron chi connectivity index (χ0n) is 15.6. The third-order valence-electron chi connectivity index (χ3n) is 3.44. The number of carbonyl (C=O) groups excluding carboxylic acids is 2. The van der Waals surface area contributed by atoms with E-state index < -0.39 is 11.7 Å². The molecule has 1 unspecified atom stereocenters. The van der Waals surface area contributed by atoms with E-state index in [2.05, 4.69) is 5.32 Å². The number of ether oxygens (including phenoxy) is 2. The molecule has 0 bridgehead atoms. The van der Waals surface area contributed by atoms with Crippen LogP contribution in [0.15, 0.2) is 18.2 Å². The van der Waals surface area contributed by atoms with Crippen LogP contribution in [0, 0.1) is 0 Å². The lowest BCUT2D eigenvalue weighted by molar-refractivity contribution is 0.0525. The highest BCUT2D eigenvalue weighted by molar-refractivity contribution is 5.92. The average Bonchev–Trinajstić information content (AvgIpc) is 2.49. The maximum absolute atomic E-state index is 12.0. The van der Waals surface area contributed by atoms with Gasteiger partial charge in [0.05, 0.1) is 12.7 Å². The molecule has 0 aromatic heterocycles. The van der Waals surface area contributed by atoms with Crippen molar-refractivity contribution in [3.05, 3.63) is 29.3 Å². The Labute approximate surface area is 144 Å². The molecule has 0 heterocycles. The average molecular weight is 336 g/mol. The fourth-order valence-electron chi connectivity index (χ4n) is 2.19. The van der Waals surface area contributed by atoms with Gasteiger partial charge >= 0.3 is 12.1 Å². The van der Waals surface area contributed by atoms with Gasteiger partial charge < -0.3 is 19.7 Å². The van der Waals surface area contributed by atoms with Crippen LogP contribution in [-0.2, 0) is 9.47 Å². The van der Waals surface area contributed by atoms with Crippen molar-refractivity contribution in [2.24, 2.45) is 0 Å². The van der Waals surface area contributed by atoms with Crippen LogP contribution in [-0.4, -0.2) is 45.4 Å². The second-order valence-corrected chi connectivity index (χ2v) is 6.94. The number of methoxy groups -OCH3 is 1. The molecule has 1 amide bonds. The van der Waals surface area contributed by atoms with Gasteiger partial charge in [0.1, 0.15) is 5.60 Å². The predicted molar refractivity (Wildman–Crippen MR) is 94.8 cm³/mol. The second-order valence-electron chi connectivity index (χ2n) is 6.94. The molecule has 0 aliphatic rings. The molecular formula is C18H28N2O4. The number of hydrogen-bond donors (Lipinski definition) is 1. The highest BCUT2D eigenvalue weighted by Gasteiger charge is 2.20. The Hall–Kier alpha value is -2.24. The van der Waals surface area contributed by atoms with Crippen LogP contribution in [0.25, 0.3) is 0 Å². The summed E-state index contributed by atoms with van der Waals surface area (Å²) >= 11 is 0. The number of carbonyl (C=O) groups is 2. The number of alkyl carbamates (subject to hydrolysis) is 1. The molecule has 1 rings (SSSR count). The summed E-state index contributed by atoms with van der Waals surface area (Å²) in [7, 11) is 5.22. The van der Waals surface area contributed by atoms with Gasteiger partial charge in [-0.25, -0.2) is 9.59 Å². The Morgan fingerprint density at radius 1 is 1.25 bits per heavy atom. The van der Waals surface area contributed by atoms with Crippen molar-refractivity contribution in [3.8, 4) is 0 Å². The number of rotatable bonds is 5. The maximum atomic E-state index is 12.0. The molecule has 0 aliphatic heterocycles. The highest BCUT2D eigenvalue weighted by atomic mass is 16.6. The Kier molecular flexibility index (Phi) is 6.63. The lowest BCUT2D eigenvalue weighted by Crippen LogP contribution is -2.34. The van der Waals surface area contributed by atoms with Gasteiger partial charge in [-0.1, -0.05) is 6.92 Å². The summed E-state index contributed by atoms with van der Waals surface area (Å²) < 4.78 is 10.1. The summed E-state index contributed by atoms with van der Waals surface area (Å²) in [6.45, 7) is 7.73. The number of nitrogens with one attached hydrogen (secondary N) is 1. The Morgan fingerprint density at radius 3 is 2.38 bits per heavy atom. The third kappa shape index (κ3) is 5.76. The normalized spacial score (nSPS) is 12.3. The topological polar surface area (TPSA) is 67.9 Å². The van der Waals surface area contributed by atoms with Crippen LogP contribution in [0.4, 0.5) is 10.5 Å². The lowest BCUT2D eigenvalue weighted by Gasteiger charge is -2.22. The van der Waals surface area contributed by atoms with E-state index in [1.807, 2.05) is 58.8 Å². The molecule has 6 heteroatoms. The van der Waals surface area contributed by atoms with Gasteiger partial charge in [-0.2, -0.15) is 0 Å². The molecule has 134 valence electrons. The summed E-state index contributed by atoms with van der Waals surface area (Å²) in [5.74, 6) is -0.467. The van der Waals surface area contributed by atoms with Crippen molar-refractivity contribution in [1.82, 2.24) is 5.32 Å². The van der Waals surface area contributed by atoms with E-state index in [1.165, 1.54) is 7.11 Å². The Morgan fingerprint density at radius 2 is 1.88 bits per heavy atom. The van der Waals surface area contributed by atoms with Crippen LogP contribution in [0.1, 0.15) is 49.5 Å². The molecule has 1 atom stereocenters. The van der Waals surface area contributed by atoms with Crippen molar-refractivity contribution >= 4 is 17.7 Å². The number of amides is 1. The van der Waals surface area contributed by atoms with E-state index in [9.17, 15) is 9.59 Å². The van der Waals surface area contributed by atoms with Crippen LogP contribution < -0.4 is 10.2 Å². The minimum absolute atomic E-state index is 0.0773. The van der Waals surface area contributed by atoms with Crippen molar-refractivity contribution in [3.63, 3.8) is 0 Å². The summed E-state index contributed by atoms with van der Waals surface area (Å²) in [6.07, 6.45) is -0.474. The molecule has 0 fully saturated rings. The van der Waals surface area contributed by atoms with Gasteiger partial charge in [-0.15, -0.1) is 0 Å². The van der Waals surface area contributed by atoms with E-state index in [4.69, 9.17) is 9.47 Å². The molecule has 1 aromatic rings. The number of hydrogen-bond acceptors (Lipinski definition) is 5.